The normalized spacial score (nSPS) is 20.5. The Kier molecular flexibility index (Phi) is 6.36. The topological polar surface area (TPSA) is 63.7 Å². The van der Waals surface area contributed by atoms with Crippen molar-refractivity contribution in [3.63, 3.8) is 0 Å². The van der Waals surface area contributed by atoms with Crippen LogP contribution in [0.4, 0.5) is 4.39 Å². The van der Waals surface area contributed by atoms with Crippen LogP contribution in [-0.2, 0) is 16.1 Å². The molecule has 1 aromatic heterocycles. The highest BCUT2D eigenvalue weighted by atomic mass is 19.1. The molecule has 1 amide bonds. The van der Waals surface area contributed by atoms with Crippen LogP contribution in [0.25, 0.3) is 0 Å². The van der Waals surface area contributed by atoms with Crippen LogP contribution >= 0.6 is 0 Å². The molecule has 2 heterocycles. The van der Waals surface area contributed by atoms with Gasteiger partial charge in [-0.25, -0.2) is 9.37 Å². The average Bonchev–Trinajstić information content (AvgIpc) is 3.28. The monoisotopic (exact) mass is 399 g/mol. The molecule has 1 aliphatic heterocycles. The first-order valence-electron chi connectivity index (χ1n) is 10.2. The second-order valence-corrected chi connectivity index (χ2v) is 7.51. The molecule has 1 N–H and O–H groups in total. The Hall–Kier alpha value is -2.51. The van der Waals surface area contributed by atoms with Gasteiger partial charge >= 0.3 is 0 Å². The van der Waals surface area contributed by atoms with E-state index in [1.807, 2.05) is 6.07 Å². The van der Waals surface area contributed by atoms with Gasteiger partial charge in [0, 0.05) is 37.0 Å². The molecular weight excluding hydrogens is 373 g/mol. The van der Waals surface area contributed by atoms with E-state index in [1.54, 1.807) is 24.4 Å². The number of aromatic nitrogens is 1. The van der Waals surface area contributed by atoms with Crippen molar-refractivity contribution in [1.29, 1.82) is 0 Å². The van der Waals surface area contributed by atoms with Crippen LogP contribution in [-0.4, -0.2) is 47.6 Å². The molecule has 1 aromatic carbocycles. The lowest BCUT2D eigenvalue weighted by Crippen LogP contribution is -2.56. The molecule has 4 rings (SSSR count). The molecule has 1 atom stereocenters. The van der Waals surface area contributed by atoms with E-state index >= 15 is 0 Å². The highest BCUT2D eigenvalue weighted by molar-refractivity contribution is 5.82. The maximum absolute atomic E-state index is 13.4. The van der Waals surface area contributed by atoms with Crippen molar-refractivity contribution in [2.45, 2.75) is 44.3 Å². The summed E-state index contributed by atoms with van der Waals surface area (Å²) >= 11 is 0. The summed E-state index contributed by atoms with van der Waals surface area (Å²) in [4.78, 5) is 19.5. The van der Waals surface area contributed by atoms with Crippen LogP contribution in [0.15, 0.2) is 42.6 Å². The number of amides is 1. The van der Waals surface area contributed by atoms with Crippen LogP contribution in [0, 0.1) is 5.82 Å². The van der Waals surface area contributed by atoms with Gasteiger partial charge in [-0.05, 0) is 31.0 Å². The third-order valence-corrected chi connectivity index (χ3v) is 5.58. The van der Waals surface area contributed by atoms with E-state index in [0.29, 0.717) is 30.9 Å². The number of benzene rings is 1. The Morgan fingerprint density at radius 2 is 2.14 bits per heavy atom. The van der Waals surface area contributed by atoms with Crippen molar-refractivity contribution < 1.29 is 18.7 Å². The van der Waals surface area contributed by atoms with Crippen molar-refractivity contribution in [1.82, 2.24) is 15.2 Å². The standard InChI is InChI=1S/C22H26FN3O3/c23-17-6-3-9-19(13-17)29-22-16(5-4-10-24-22)14-25-21(27)20-15-28-12-11-26(20)18-7-1-2-8-18/h3-6,9-10,13,18,20H,1-2,7-8,11-12,14-15H2,(H,25,27)/t20-/m0/s1. The van der Waals surface area contributed by atoms with E-state index in [1.165, 1.54) is 25.0 Å². The van der Waals surface area contributed by atoms with Gasteiger partial charge in [0.05, 0.1) is 13.2 Å². The van der Waals surface area contributed by atoms with E-state index in [9.17, 15) is 9.18 Å². The molecule has 154 valence electrons. The summed E-state index contributed by atoms with van der Waals surface area (Å²) < 4.78 is 24.7. The zero-order chi connectivity index (χ0) is 20.1. The van der Waals surface area contributed by atoms with E-state index < -0.39 is 0 Å². The number of hydrogen-bond acceptors (Lipinski definition) is 5. The number of hydrogen-bond donors (Lipinski definition) is 1. The Labute approximate surface area is 170 Å². The Bertz CT molecular complexity index is 842. The first kappa shape index (κ1) is 19.8. The molecule has 0 radical (unpaired) electrons. The molecule has 2 aromatic rings. The third-order valence-electron chi connectivity index (χ3n) is 5.58. The second-order valence-electron chi connectivity index (χ2n) is 7.51. The van der Waals surface area contributed by atoms with Crippen molar-refractivity contribution in [2.24, 2.45) is 0 Å². The first-order valence-corrected chi connectivity index (χ1v) is 10.2. The summed E-state index contributed by atoms with van der Waals surface area (Å²) in [5.41, 5.74) is 0.731. The predicted octanol–water partition coefficient (Wildman–Crippen LogP) is 3.27. The largest absolute Gasteiger partial charge is 0.439 e. The molecule has 2 fully saturated rings. The fourth-order valence-electron chi connectivity index (χ4n) is 4.11. The molecule has 29 heavy (non-hydrogen) atoms. The fraction of sp³-hybridized carbons (Fsp3) is 0.455. The van der Waals surface area contributed by atoms with E-state index in [-0.39, 0.29) is 24.3 Å². The lowest BCUT2D eigenvalue weighted by Gasteiger charge is -2.38. The van der Waals surface area contributed by atoms with Gasteiger partial charge in [-0.3, -0.25) is 9.69 Å². The van der Waals surface area contributed by atoms with E-state index in [2.05, 4.69) is 15.2 Å². The van der Waals surface area contributed by atoms with Gasteiger partial charge in [0.1, 0.15) is 17.6 Å². The van der Waals surface area contributed by atoms with Crippen LogP contribution < -0.4 is 10.1 Å². The number of carbonyl (C=O) groups is 1. The van der Waals surface area contributed by atoms with Gasteiger partial charge in [-0.1, -0.05) is 25.0 Å². The molecule has 0 bridgehead atoms. The third kappa shape index (κ3) is 4.92. The van der Waals surface area contributed by atoms with Gasteiger partial charge in [0.15, 0.2) is 0 Å². The maximum atomic E-state index is 13.4. The van der Waals surface area contributed by atoms with Crippen LogP contribution in [0.1, 0.15) is 31.2 Å². The number of morpholine rings is 1. The number of ether oxygens (including phenoxy) is 2. The number of nitrogens with zero attached hydrogens (tertiary/aromatic N) is 2. The van der Waals surface area contributed by atoms with Crippen LogP contribution in [0.5, 0.6) is 11.6 Å². The summed E-state index contributed by atoms with van der Waals surface area (Å²) in [6.45, 7) is 2.17. The van der Waals surface area contributed by atoms with Gasteiger partial charge in [-0.15, -0.1) is 0 Å². The van der Waals surface area contributed by atoms with Crippen LogP contribution in [0.3, 0.4) is 0 Å². The summed E-state index contributed by atoms with van der Waals surface area (Å²) in [6, 6.07) is 9.73. The first-order chi connectivity index (χ1) is 14.2. The summed E-state index contributed by atoms with van der Waals surface area (Å²) in [5.74, 6) is 0.296. The van der Waals surface area contributed by atoms with E-state index in [0.717, 1.165) is 24.9 Å². The molecule has 7 heteroatoms. The van der Waals surface area contributed by atoms with Crippen LogP contribution in [0.2, 0.25) is 0 Å². The lowest BCUT2D eigenvalue weighted by atomic mass is 10.1. The Balaban J connectivity index is 1.41. The number of rotatable bonds is 6. The minimum absolute atomic E-state index is 0.0443. The number of carbonyl (C=O) groups excluding carboxylic acids is 1. The molecule has 1 saturated heterocycles. The van der Waals surface area contributed by atoms with Gasteiger partial charge in [0.2, 0.25) is 11.8 Å². The highest BCUT2D eigenvalue weighted by Gasteiger charge is 2.35. The van der Waals surface area contributed by atoms with E-state index in [4.69, 9.17) is 9.47 Å². The SMILES string of the molecule is O=C(NCc1cccnc1Oc1cccc(F)c1)[C@@H]1COCCN1C1CCCC1. The molecular formula is C22H26FN3O3. The zero-order valence-corrected chi connectivity index (χ0v) is 16.4. The smallest absolute Gasteiger partial charge is 0.240 e. The fourth-order valence-corrected chi connectivity index (χ4v) is 4.11. The number of nitrogens with one attached hydrogen (secondary N) is 1. The zero-order valence-electron chi connectivity index (χ0n) is 16.4. The average molecular weight is 399 g/mol. The Morgan fingerprint density at radius 1 is 1.28 bits per heavy atom. The van der Waals surface area contributed by atoms with Crippen molar-refractivity contribution in [3.05, 3.63) is 54.0 Å². The summed E-state index contributed by atoms with van der Waals surface area (Å²) in [7, 11) is 0. The molecule has 2 aliphatic rings. The van der Waals surface area contributed by atoms with Gasteiger partial charge in [0.25, 0.3) is 0 Å². The van der Waals surface area contributed by atoms with Gasteiger partial charge in [-0.2, -0.15) is 0 Å². The summed E-state index contributed by atoms with van der Waals surface area (Å²) in [5, 5.41) is 3.01. The molecule has 1 aliphatic carbocycles. The van der Waals surface area contributed by atoms with Crippen molar-refractivity contribution in [3.8, 4) is 11.6 Å². The quantitative estimate of drug-likeness (QED) is 0.808. The minimum Gasteiger partial charge on any atom is -0.439 e. The second kappa shape index (κ2) is 9.33. The molecule has 0 unspecified atom stereocenters. The Morgan fingerprint density at radius 3 is 2.97 bits per heavy atom. The maximum Gasteiger partial charge on any atom is 0.240 e. The van der Waals surface area contributed by atoms with Gasteiger partial charge < -0.3 is 14.8 Å². The highest BCUT2D eigenvalue weighted by Crippen LogP contribution is 2.27. The van der Waals surface area contributed by atoms with Crippen molar-refractivity contribution >= 4 is 5.91 Å². The molecule has 1 saturated carbocycles. The number of halogens is 1. The molecule has 6 nitrogen and oxygen atoms in total. The number of pyridine rings is 1. The minimum atomic E-state index is -0.377. The summed E-state index contributed by atoms with van der Waals surface area (Å²) in [6.07, 6.45) is 6.37. The lowest BCUT2D eigenvalue weighted by molar-refractivity contribution is -0.134. The van der Waals surface area contributed by atoms with Crippen molar-refractivity contribution in [2.75, 3.05) is 19.8 Å². The predicted molar refractivity (Wildman–Crippen MR) is 106 cm³/mol. The molecule has 0 spiro atoms.